The number of aromatic nitrogens is 4. The van der Waals surface area contributed by atoms with Gasteiger partial charge < -0.3 is 9.84 Å². The minimum absolute atomic E-state index is 0.222. The first-order chi connectivity index (χ1) is 10.5. The fourth-order valence-electron chi connectivity index (χ4n) is 2.47. The number of hydrogen-bond donors (Lipinski definition) is 1. The fourth-order valence-corrected chi connectivity index (χ4v) is 2.47. The van der Waals surface area contributed by atoms with E-state index in [4.69, 9.17) is 4.52 Å². The number of nitrogens with zero attached hydrogens (tertiary/aromatic N) is 4. The number of fused-ring (bicyclic) bond motifs is 1. The van der Waals surface area contributed by atoms with E-state index in [0.29, 0.717) is 33.7 Å². The monoisotopic (exact) mass is 299 g/mol. The van der Waals surface area contributed by atoms with Crippen molar-refractivity contribution in [2.45, 2.75) is 34.2 Å². The normalized spacial score (nSPS) is 11.1. The largest absolute Gasteiger partial charge is 0.336 e. The fraction of sp³-hybridized carbons (Fsp3) is 0.333. The first kappa shape index (κ1) is 14.2. The molecule has 7 nitrogen and oxygen atoms in total. The molecule has 0 aliphatic carbocycles. The maximum absolute atomic E-state index is 12.6. The second kappa shape index (κ2) is 5.25. The van der Waals surface area contributed by atoms with E-state index in [2.05, 4.69) is 20.6 Å². The molecule has 3 heterocycles. The first-order valence-electron chi connectivity index (χ1n) is 7.08. The van der Waals surface area contributed by atoms with Crippen LogP contribution in [0.3, 0.4) is 0 Å². The molecular formula is C15H17N5O2. The zero-order chi connectivity index (χ0) is 15.9. The van der Waals surface area contributed by atoms with E-state index < -0.39 is 0 Å². The highest BCUT2D eigenvalue weighted by molar-refractivity contribution is 6.12. The summed E-state index contributed by atoms with van der Waals surface area (Å²) >= 11 is 0. The maximum atomic E-state index is 12.6. The molecule has 3 aromatic rings. The van der Waals surface area contributed by atoms with E-state index in [-0.39, 0.29) is 5.91 Å². The van der Waals surface area contributed by atoms with Gasteiger partial charge in [-0.3, -0.25) is 9.48 Å². The molecule has 0 saturated heterocycles. The number of anilines is 1. The minimum Gasteiger partial charge on any atom is -0.336 e. The molecule has 0 unspecified atom stereocenters. The SMILES string of the molecule is CCn1ncc(NC(=O)c2cc(C)nc3onc(C)c23)c1C. The van der Waals surface area contributed by atoms with Crippen LogP contribution >= 0.6 is 0 Å². The van der Waals surface area contributed by atoms with Gasteiger partial charge in [-0.05, 0) is 33.8 Å². The van der Waals surface area contributed by atoms with Crippen LogP contribution in [0.4, 0.5) is 5.69 Å². The molecule has 7 heteroatoms. The molecule has 1 N–H and O–H groups in total. The average Bonchev–Trinajstić information content (AvgIpc) is 3.02. The summed E-state index contributed by atoms with van der Waals surface area (Å²) in [5.41, 5.74) is 3.85. The smallest absolute Gasteiger partial charge is 0.258 e. The lowest BCUT2D eigenvalue weighted by Crippen LogP contribution is -2.14. The summed E-state index contributed by atoms with van der Waals surface area (Å²) in [7, 11) is 0. The number of aryl methyl sites for hydroxylation is 3. The number of nitrogens with one attached hydrogen (secondary N) is 1. The lowest BCUT2D eigenvalue weighted by Gasteiger charge is -2.07. The van der Waals surface area contributed by atoms with E-state index in [1.807, 2.05) is 25.5 Å². The Hall–Kier alpha value is -2.70. The molecule has 0 radical (unpaired) electrons. The van der Waals surface area contributed by atoms with Crippen LogP contribution in [-0.2, 0) is 6.54 Å². The number of amides is 1. The van der Waals surface area contributed by atoms with Gasteiger partial charge in [0.25, 0.3) is 11.6 Å². The number of carbonyl (C=O) groups is 1. The Kier molecular flexibility index (Phi) is 3.40. The average molecular weight is 299 g/mol. The van der Waals surface area contributed by atoms with Crippen molar-refractivity contribution in [1.29, 1.82) is 0 Å². The van der Waals surface area contributed by atoms with E-state index in [1.165, 1.54) is 0 Å². The van der Waals surface area contributed by atoms with Crippen molar-refractivity contribution in [2.24, 2.45) is 0 Å². The Morgan fingerprint density at radius 1 is 1.36 bits per heavy atom. The number of carbonyl (C=O) groups excluding carboxylic acids is 1. The standard InChI is InChI=1S/C15H17N5O2/c1-5-20-10(4)12(7-16-20)18-14(21)11-6-8(2)17-15-13(11)9(3)19-22-15/h6-7H,5H2,1-4H3,(H,18,21). The highest BCUT2D eigenvalue weighted by Crippen LogP contribution is 2.23. The number of rotatable bonds is 3. The molecule has 3 aromatic heterocycles. The molecule has 22 heavy (non-hydrogen) atoms. The highest BCUT2D eigenvalue weighted by atomic mass is 16.5. The van der Waals surface area contributed by atoms with Gasteiger partial charge in [-0.25, -0.2) is 4.98 Å². The van der Waals surface area contributed by atoms with Gasteiger partial charge in [0.2, 0.25) is 0 Å². The van der Waals surface area contributed by atoms with Crippen LogP contribution < -0.4 is 5.32 Å². The molecular weight excluding hydrogens is 282 g/mol. The first-order valence-corrected chi connectivity index (χ1v) is 7.08. The summed E-state index contributed by atoms with van der Waals surface area (Å²) in [5.74, 6) is -0.222. The van der Waals surface area contributed by atoms with Crippen LogP contribution in [0.5, 0.6) is 0 Å². The topological polar surface area (TPSA) is 85.8 Å². The quantitative estimate of drug-likeness (QED) is 0.803. The molecule has 0 spiro atoms. The van der Waals surface area contributed by atoms with Crippen molar-refractivity contribution in [1.82, 2.24) is 19.9 Å². The summed E-state index contributed by atoms with van der Waals surface area (Å²) in [6, 6.07) is 1.74. The molecule has 0 bridgehead atoms. The van der Waals surface area contributed by atoms with Gasteiger partial charge in [-0.2, -0.15) is 5.10 Å². The molecule has 0 aromatic carbocycles. The van der Waals surface area contributed by atoms with Gasteiger partial charge >= 0.3 is 0 Å². The second-order valence-electron chi connectivity index (χ2n) is 5.17. The van der Waals surface area contributed by atoms with Gasteiger partial charge in [0.1, 0.15) is 0 Å². The van der Waals surface area contributed by atoms with E-state index >= 15 is 0 Å². The Labute approximate surface area is 127 Å². The molecule has 0 fully saturated rings. The second-order valence-corrected chi connectivity index (χ2v) is 5.17. The third-order valence-electron chi connectivity index (χ3n) is 3.64. The Morgan fingerprint density at radius 3 is 2.82 bits per heavy atom. The summed E-state index contributed by atoms with van der Waals surface area (Å²) < 4.78 is 6.99. The molecule has 0 aliphatic heterocycles. The Bertz CT molecular complexity index is 862. The maximum Gasteiger partial charge on any atom is 0.258 e. The predicted molar refractivity (Wildman–Crippen MR) is 81.9 cm³/mol. The molecule has 114 valence electrons. The summed E-state index contributed by atoms with van der Waals surface area (Å²) in [6.07, 6.45) is 1.66. The van der Waals surface area contributed by atoms with Gasteiger partial charge in [0.05, 0.1) is 34.2 Å². The van der Waals surface area contributed by atoms with Crippen molar-refractivity contribution in [3.8, 4) is 0 Å². The van der Waals surface area contributed by atoms with Crippen molar-refractivity contribution >= 4 is 22.7 Å². The Balaban J connectivity index is 2.02. The molecule has 0 aliphatic rings. The van der Waals surface area contributed by atoms with Crippen molar-refractivity contribution in [2.75, 3.05) is 5.32 Å². The number of hydrogen-bond acceptors (Lipinski definition) is 5. The lowest BCUT2D eigenvalue weighted by atomic mass is 10.1. The predicted octanol–water partition coefficient (Wildman–Crippen LogP) is 2.62. The van der Waals surface area contributed by atoms with Crippen LogP contribution in [0.1, 0.15) is 34.4 Å². The van der Waals surface area contributed by atoms with Crippen LogP contribution in [0.2, 0.25) is 0 Å². The molecule has 0 atom stereocenters. The van der Waals surface area contributed by atoms with Crippen LogP contribution in [-0.4, -0.2) is 25.8 Å². The van der Waals surface area contributed by atoms with Crippen LogP contribution in [0.15, 0.2) is 16.8 Å². The van der Waals surface area contributed by atoms with E-state index in [1.54, 1.807) is 19.2 Å². The molecule has 1 amide bonds. The van der Waals surface area contributed by atoms with E-state index in [0.717, 1.165) is 12.2 Å². The van der Waals surface area contributed by atoms with Gasteiger partial charge in [-0.15, -0.1) is 0 Å². The van der Waals surface area contributed by atoms with Crippen molar-refractivity contribution in [3.05, 3.63) is 34.9 Å². The highest BCUT2D eigenvalue weighted by Gasteiger charge is 2.19. The minimum atomic E-state index is -0.222. The zero-order valence-electron chi connectivity index (χ0n) is 13.0. The Morgan fingerprint density at radius 2 is 2.14 bits per heavy atom. The van der Waals surface area contributed by atoms with Crippen molar-refractivity contribution < 1.29 is 9.32 Å². The van der Waals surface area contributed by atoms with E-state index in [9.17, 15) is 4.79 Å². The van der Waals surface area contributed by atoms with Crippen molar-refractivity contribution in [3.63, 3.8) is 0 Å². The van der Waals surface area contributed by atoms with Gasteiger partial charge in [0, 0.05) is 12.2 Å². The third-order valence-corrected chi connectivity index (χ3v) is 3.64. The van der Waals surface area contributed by atoms with Gasteiger partial charge in [-0.1, -0.05) is 5.16 Å². The van der Waals surface area contributed by atoms with Crippen LogP contribution in [0.25, 0.3) is 11.1 Å². The molecule has 3 rings (SSSR count). The third kappa shape index (κ3) is 2.24. The lowest BCUT2D eigenvalue weighted by molar-refractivity contribution is 0.102. The summed E-state index contributed by atoms with van der Waals surface area (Å²) in [5, 5.41) is 11.7. The van der Waals surface area contributed by atoms with Crippen LogP contribution in [0, 0.1) is 20.8 Å². The summed E-state index contributed by atoms with van der Waals surface area (Å²) in [6.45, 7) is 8.28. The van der Waals surface area contributed by atoms with Gasteiger partial charge in [0.15, 0.2) is 0 Å². The molecule has 0 saturated carbocycles. The zero-order valence-corrected chi connectivity index (χ0v) is 13.0. The summed E-state index contributed by atoms with van der Waals surface area (Å²) in [4.78, 5) is 16.9. The number of pyridine rings is 1.